The number of aliphatic carboxylic acids is 1. The summed E-state index contributed by atoms with van der Waals surface area (Å²) in [5.74, 6) is -2.09. The zero-order valence-corrected chi connectivity index (χ0v) is 13.2. The molecule has 4 nitrogen and oxygen atoms in total. The van der Waals surface area contributed by atoms with Crippen molar-refractivity contribution < 1.29 is 14.7 Å². The molecule has 6 heteroatoms. The van der Waals surface area contributed by atoms with Gasteiger partial charge in [-0.3, -0.25) is 9.59 Å². The molecule has 0 heterocycles. The molecule has 0 saturated heterocycles. The van der Waals surface area contributed by atoms with E-state index in [1.54, 1.807) is 6.07 Å². The molecular formula is C13H13Br2NO3. The summed E-state index contributed by atoms with van der Waals surface area (Å²) < 4.78 is 1.67. The maximum atomic E-state index is 12.2. The molecule has 0 bridgehead atoms. The number of carboxylic acids is 1. The van der Waals surface area contributed by atoms with Crippen LogP contribution in [0.25, 0.3) is 0 Å². The first-order valence-electron chi connectivity index (χ1n) is 5.98. The highest BCUT2D eigenvalue weighted by atomic mass is 79.9. The fraction of sp³-hybridized carbons (Fsp3) is 0.385. The van der Waals surface area contributed by atoms with Crippen LogP contribution in [0.15, 0.2) is 27.1 Å². The predicted molar refractivity (Wildman–Crippen MR) is 78.9 cm³/mol. The number of hydrogen-bond donors (Lipinski definition) is 2. The number of rotatable bonds is 3. The first kappa shape index (κ1) is 14.5. The lowest BCUT2D eigenvalue weighted by molar-refractivity contribution is -0.145. The number of carboxylic acid groups (broad SMARTS) is 1. The summed E-state index contributed by atoms with van der Waals surface area (Å²) in [6.45, 7) is 0. The number of halogens is 2. The van der Waals surface area contributed by atoms with Crippen LogP contribution in [0.5, 0.6) is 0 Å². The fourth-order valence-electron chi connectivity index (χ4n) is 2.39. The molecule has 2 unspecified atom stereocenters. The van der Waals surface area contributed by atoms with E-state index < -0.39 is 17.8 Å². The first-order chi connectivity index (χ1) is 8.99. The number of anilines is 1. The normalized spacial score (nSPS) is 22.2. The quantitative estimate of drug-likeness (QED) is 0.827. The van der Waals surface area contributed by atoms with E-state index in [-0.39, 0.29) is 5.91 Å². The van der Waals surface area contributed by atoms with Gasteiger partial charge in [0.15, 0.2) is 0 Å². The molecule has 0 spiro atoms. The van der Waals surface area contributed by atoms with Crippen molar-refractivity contribution in [2.45, 2.75) is 19.3 Å². The minimum absolute atomic E-state index is 0.215. The third kappa shape index (κ3) is 3.36. The number of benzene rings is 1. The van der Waals surface area contributed by atoms with Crippen molar-refractivity contribution in [3.63, 3.8) is 0 Å². The molecule has 0 aliphatic heterocycles. The summed E-state index contributed by atoms with van der Waals surface area (Å²) in [5.41, 5.74) is 0.657. The lowest BCUT2D eigenvalue weighted by Crippen LogP contribution is -2.30. The molecule has 1 aromatic rings. The molecule has 2 N–H and O–H groups in total. The van der Waals surface area contributed by atoms with Crippen LogP contribution in [-0.4, -0.2) is 17.0 Å². The van der Waals surface area contributed by atoms with Crippen LogP contribution >= 0.6 is 31.9 Å². The van der Waals surface area contributed by atoms with Crippen molar-refractivity contribution in [1.82, 2.24) is 0 Å². The zero-order chi connectivity index (χ0) is 14.0. The molecule has 1 saturated carbocycles. The van der Waals surface area contributed by atoms with E-state index in [0.29, 0.717) is 18.5 Å². The van der Waals surface area contributed by atoms with Crippen LogP contribution in [0, 0.1) is 11.8 Å². The van der Waals surface area contributed by atoms with Gasteiger partial charge in [0.2, 0.25) is 5.91 Å². The standard InChI is InChI=1S/C13H13Br2NO3/c14-7-4-5-11(10(15)6-7)16-12(17)8-2-1-3-9(8)13(18)19/h4-6,8-9H,1-3H2,(H,16,17)(H,18,19). The van der Waals surface area contributed by atoms with Gasteiger partial charge in [-0.25, -0.2) is 0 Å². The molecule has 2 rings (SSSR count). The third-order valence-electron chi connectivity index (χ3n) is 3.36. The van der Waals surface area contributed by atoms with Gasteiger partial charge in [0, 0.05) is 8.95 Å². The van der Waals surface area contributed by atoms with Gasteiger partial charge in [-0.05, 0) is 47.0 Å². The van der Waals surface area contributed by atoms with Gasteiger partial charge >= 0.3 is 5.97 Å². The second kappa shape index (κ2) is 6.05. The number of amides is 1. The van der Waals surface area contributed by atoms with E-state index in [2.05, 4.69) is 37.2 Å². The largest absolute Gasteiger partial charge is 0.481 e. The van der Waals surface area contributed by atoms with Gasteiger partial charge in [0.25, 0.3) is 0 Å². The maximum Gasteiger partial charge on any atom is 0.307 e. The Kier molecular flexibility index (Phi) is 4.62. The fourth-order valence-corrected chi connectivity index (χ4v) is 3.53. The molecule has 0 radical (unpaired) electrons. The van der Waals surface area contributed by atoms with Gasteiger partial charge in [-0.1, -0.05) is 22.4 Å². The zero-order valence-electron chi connectivity index (χ0n) is 10.0. The molecule has 1 fully saturated rings. The molecule has 1 amide bonds. The highest BCUT2D eigenvalue weighted by molar-refractivity contribution is 9.11. The minimum atomic E-state index is -0.882. The van der Waals surface area contributed by atoms with E-state index in [0.717, 1.165) is 15.4 Å². The average molecular weight is 391 g/mol. The monoisotopic (exact) mass is 389 g/mol. The Morgan fingerprint density at radius 2 is 1.89 bits per heavy atom. The van der Waals surface area contributed by atoms with Crippen molar-refractivity contribution in [3.8, 4) is 0 Å². The highest BCUT2D eigenvalue weighted by Gasteiger charge is 2.37. The molecule has 102 valence electrons. The summed E-state index contributed by atoms with van der Waals surface area (Å²) in [4.78, 5) is 23.2. The molecule has 19 heavy (non-hydrogen) atoms. The van der Waals surface area contributed by atoms with Crippen molar-refractivity contribution >= 4 is 49.4 Å². The Hall–Kier alpha value is -0.880. The van der Waals surface area contributed by atoms with Crippen molar-refractivity contribution in [2.24, 2.45) is 11.8 Å². The lowest BCUT2D eigenvalue weighted by Gasteiger charge is -2.16. The van der Waals surface area contributed by atoms with Gasteiger partial charge in [-0.2, -0.15) is 0 Å². The third-order valence-corrected chi connectivity index (χ3v) is 4.51. The SMILES string of the molecule is O=C(O)C1CCCC1C(=O)Nc1ccc(Br)cc1Br. The molecule has 2 atom stereocenters. The second-order valence-corrected chi connectivity index (χ2v) is 6.37. The minimum Gasteiger partial charge on any atom is -0.481 e. The lowest BCUT2D eigenvalue weighted by atomic mass is 9.95. The second-order valence-electron chi connectivity index (χ2n) is 4.60. The van der Waals surface area contributed by atoms with Gasteiger partial charge in [0.1, 0.15) is 0 Å². The summed E-state index contributed by atoms with van der Waals surface area (Å²) in [5, 5.41) is 11.9. The van der Waals surface area contributed by atoms with Crippen LogP contribution in [0.2, 0.25) is 0 Å². The van der Waals surface area contributed by atoms with Gasteiger partial charge < -0.3 is 10.4 Å². The van der Waals surface area contributed by atoms with E-state index in [1.807, 2.05) is 12.1 Å². The van der Waals surface area contributed by atoms with Crippen molar-refractivity contribution in [1.29, 1.82) is 0 Å². The van der Waals surface area contributed by atoms with Crippen molar-refractivity contribution in [3.05, 3.63) is 27.1 Å². The van der Waals surface area contributed by atoms with Crippen LogP contribution < -0.4 is 5.32 Å². The average Bonchev–Trinajstić information content (AvgIpc) is 2.82. The van der Waals surface area contributed by atoms with E-state index >= 15 is 0 Å². The number of carbonyl (C=O) groups excluding carboxylic acids is 1. The molecule has 1 aromatic carbocycles. The Labute approximate surface area is 127 Å². The predicted octanol–water partition coefficient (Wildman–Crippen LogP) is 3.65. The van der Waals surface area contributed by atoms with Gasteiger partial charge in [0.05, 0.1) is 17.5 Å². The van der Waals surface area contributed by atoms with Crippen LogP contribution in [0.4, 0.5) is 5.69 Å². The van der Waals surface area contributed by atoms with E-state index in [4.69, 9.17) is 5.11 Å². The van der Waals surface area contributed by atoms with Crippen LogP contribution in [0.1, 0.15) is 19.3 Å². The number of nitrogens with one attached hydrogen (secondary N) is 1. The summed E-state index contributed by atoms with van der Waals surface area (Å²) >= 11 is 6.70. The molecule has 0 aromatic heterocycles. The number of hydrogen-bond acceptors (Lipinski definition) is 2. The maximum absolute atomic E-state index is 12.2. The Bertz CT molecular complexity index is 519. The Balaban J connectivity index is 2.10. The van der Waals surface area contributed by atoms with E-state index in [9.17, 15) is 9.59 Å². The Morgan fingerprint density at radius 3 is 2.53 bits per heavy atom. The topological polar surface area (TPSA) is 66.4 Å². The molecular weight excluding hydrogens is 378 g/mol. The Morgan fingerprint density at radius 1 is 1.21 bits per heavy atom. The molecule has 1 aliphatic carbocycles. The summed E-state index contributed by atoms with van der Waals surface area (Å²) in [6.07, 6.45) is 2.00. The number of carbonyl (C=O) groups is 2. The van der Waals surface area contributed by atoms with E-state index in [1.165, 1.54) is 0 Å². The smallest absolute Gasteiger partial charge is 0.307 e. The van der Waals surface area contributed by atoms with Crippen molar-refractivity contribution in [2.75, 3.05) is 5.32 Å². The highest BCUT2D eigenvalue weighted by Crippen LogP contribution is 2.34. The van der Waals surface area contributed by atoms with Gasteiger partial charge in [-0.15, -0.1) is 0 Å². The molecule has 1 aliphatic rings. The summed E-state index contributed by atoms with van der Waals surface area (Å²) in [7, 11) is 0. The first-order valence-corrected chi connectivity index (χ1v) is 7.56. The van der Waals surface area contributed by atoms with Crippen LogP contribution in [-0.2, 0) is 9.59 Å². The van der Waals surface area contributed by atoms with Crippen LogP contribution in [0.3, 0.4) is 0 Å². The summed E-state index contributed by atoms with van der Waals surface area (Å²) in [6, 6.07) is 5.43.